The van der Waals surface area contributed by atoms with E-state index in [0.29, 0.717) is 24.0 Å². The van der Waals surface area contributed by atoms with Gasteiger partial charge < -0.3 is 10.1 Å². The highest BCUT2D eigenvalue weighted by atomic mass is 16.4. The predicted octanol–water partition coefficient (Wildman–Crippen LogP) is 4.28. The molecular formula is C24H25N5O3. The second kappa shape index (κ2) is 8.35. The maximum absolute atomic E-state index is 13.7. The maximum Gasteiger partial charge on any atom is 0.331 e. The van der Waals surface area contributed by atoms with Gasteiger partial charge in [-0.15, -0.1) is 0 Å². The molecule has 0 fully saturated rings. The Balaban J connectivity index is 1.99. The molecule has 4 aromatic rings. The van der Waals surface area contributed by atoms with E-state index < -0.39 is 12.0 Å². The second-order valence-corrected chi connectivity index (χ2v) is 8.13. The smallest absolute Gasteiger partial charge is 0.331 e. The monoisotopic (exact) mass is 431 g/mol. The molecule has 0 bridgehead atoms. The van der Waals surface area contributed by atoms with Crippen molar-refractivity contribution in [3.8, 4) is 6.07 Å². The number of H-pyrrole nitrogens is 1. The zero-order valence-electron chi connectivity index (χ0n) is 18.3. The van der Waals surface area contributed by atoms with E-state index in [1.807, 2.05) is 51.2 Å². The van der Waals surface area contributed by atoms with Crippen molar-refractivity contribution < 1.29 is 9.90 Å². The van der Waals surface area contributed by atoms with E-state index in [1.54, 1.807) is 16.7 Å². The van der Waals surface area contributed by atoms with Gasteiger partial charge in [0.2, 0.25) is 0 Å². The van der Waals surface area contributed by atoms with E-state index in [0.717, 1.165) is 22.0 Å². The first-order chi connectivity index (χ1) is 15.4. The Morgan fingerprint density at radius 3 is 2.75 bits per heavy atom. The van der Waals surface area contributed by atoms with Crippen LogP contribution in [0.25, 0.3) is 22.1 Å². The van der Waals surface area contributed by atoms with Crippen molar-refractivity contribution in [3.63, 3.8) is 0 Å². The Hall–Kier alpha value is -3.86. The zero-order chi connectivity index (χ0) is 23.0. The van der Waals surface area contributed by atoms with Crippen LogP contribution in [-0.4, -0.2) is 30.2 Å². The van der Waals surface area contributed by atoms with Crippen LogP contribution in [0, 0.1) is 18.3 Å². The summed E-state index contributed by atoms with van der Waals surface area (Å²) < 4.78 is 3.12. The molecule has 0 amide bonds. The van der Waals surface area contributed by atoms with Crippen molar-refractivity contribution in [3.05, 3.63) is 63.8 Å². The lowest BCUT2D eigenvalue weighted by Gasteiger charge is -2.16. The number of aromatic nitrogens is 4. The van der Waals surface area contributed by atoms with E-state index in [4.69, 9.17) is 0 Å². The quantitative estimate of drug-likeness (QED) is 0.453. The first kappa shape index (κ1) is 21.4. The van der Waals surface area contributed by atoms with Crippen molar-refractivity contribution in [2.75, 3.05) is 0 Å². The van der Waals surface area contributed by atoms with Crippen LogP contribution in [0.4, 0.5) is 0 Å². The average molecular weight is 431 g/mol. The number of nitrogens with one attached hydrogen (secondary N) is 1. The summed E-state index contributed by atoms with van der Waals surface area (Å²) in [7, 11) is 0. The Morgan fingerprint density at radius 2 is 2.06 bits per heavy atom. The second-order valence-electron chi connectivity index (χ2n) is 8.13. The van der Waals surface area contributed by atoms with Crippen LogP contribution in [-0.2, 0) is 4.79 Å². The fourth-order valence-corrected chi connectivity index (χ4v) is 4.61. The zero-order valence-corrected chi connectivity index (χ0v) is 18.3. The molecule has 8 heteroatoms. The van der Waals surface area contributed by atoms with Gasteiger partial charge in [-0.3, -0.25) is 13.9 Å². The lowest BCUT2D eigenvalue weighted by atomic mass is 10.0. The van der Waals surface area contributed by atoms with E-state index in [2.05, 4.69) is 9.97 Å². The van der Waals surface area contributed by atoms with E-state index in [1.165, 1.54) is 4.57 Å². The van der Waals surface area contributed by atoms with Crippen LogP contribution in [0.5, 0.6) is 0 Å². The molecule has 0 spiro atoms. The summed E-state index contributed by atoms with van der Waals surface area (Å²) >= 11 is 0. The third-order valence-electron chi connectivity index (χ3n) is 6.05. The van der Waals surface area contributed by atoms with Crippen molar-refractivity contribution in [2.45, 2.75) is 52.1 Å². The Morgan fingerprint density at radius 1 is 1.28 bits per heavy atom. The normalized spacial score (nSPS) is 13.3. The van der Waals surface area contributed by atoms with Crippen LogP contribution in [0.3, 0.4) is 0 Å². The number of hydrogen-bond donors (Lipinski definition) is 2. The average Bonchev–Trinajstić information content (AvgIpc) is 3.31. The molecular weight excluding hydrogens is 406 g/mol. The van der Waals surface area contributed by atoms with Gasteiger partial charge >= 0.3 is 11.7 Å². The molecule has 32 heavy (non-hydrogen) atoms. The molecule has 8 nitrogen and oxygen atoms in total. The number of aromatic amines is 1. The van der Waals surface area contributed by atoms with Gasteiger partial charge in [0.25, 0.3) is 0 Å². The molecule has 2 atom stereocenters. The molecule has 3 aromatic heterocycles. The first-order valence-corrected chi connectivity index (χ1v) is 10.7. The molecule has 0 aliphatic rings. The minimum atomic E-state index is -0.979. The fraction of sp³-hybridized carbons (Fsp3) is 0.333. The molecule has 0 radical (unpaired) electrons. The molecule has 164 valence electrons. The third kappa shape index (κ3) is 3.46. The van der Waals surface area contributed by atoms with Gasteiger partial charge in [0.15, 0.2) is 5.65 Å². The Labute approximate surface area is 184 Å². The lowest BCUT2D eigenvalue weighted by Crippen LogP contribution is -2.30. The summed E-state index contributed by atoms with van der Waals surface area (Å²) in [4.78, 5) is 33.0. The Bertz CT molecular complexity index is 1420. The number of fused-ring (bicyclic) bond motifs is 2. The molecule has 3 heterocycles. The van der Waals surface area contributed by atoms with Crippen LogP contribution >= 0.6 is 0 Å². The fourth-order valence-electron chi connectivity index (χ4n) is 4.61. The molecule has 2 unspecified atom stereocenters. The van der Waals surface area contributed by atoms with E-state index in [-0.39, 0.29) is 23.8 Å². The molecule has 0 saturated carbocycles. The van der Waals surface area contributed by atoms with Crippen LogP contribution in [0.15, 0.2) is 41.3 Å². The van der Waals surface area contributed by atoms with Crippen LogP contribution in [0.1, 0.15) is 62.0 Å². The van der Waals surface area contributed by atoms with Gasteiger partial charge in [0, 0.05) is 22.7 Å². The molecule has 1 aromatic carbocycles. The molecule has 4 rings (SSSR count). The van der Waals surface area contributed by atoms with Crippen molar-refractivity contribution in [2.24, 2.45) is 0 Å². The number of benzene rings is 1. The number of nitriles is 1. The number of pyridine rings is 1. The number of aryl methyl sites for hydroxylation is 1. The van der Waals surface area contributed by atoms with Crippen LogP contribution in [0.2, 0.25) is 0 Å². The summed E-state index contributed by atoms with van der Waals surface area (Å²) in [5.41, 5.74) is 3.84. The summed E-state index contributed by atoms with van der Waals surface area (Å²) in [6.45, 7) is 5.93. The minimum Gasteiger partial charge on any atom is -0.481 e. The van der Waals surface area contributed by atoms with Crippen molar-refractivity contribution in [1.82, 2.24) is 19.1 Å². The molecule has 0 saturated heterocycles. The number of carboxylic acids is 1. The van der Waals surface area contributed by atoms with E-state index in [9.17, 15) is 20.0 Å². The number of aliphatic carboxylic acids is 1. The minimum absolute atomic E-state index is 0.185. The van der Waals surface area contributed by atoms with Gasteiger partial charge in [0.05, 0.1) is 24.0 Å². The molecule has 2 N–H and O–H groups in total. The van der Waals surface area contributed by atoms with Gasteiger partial charge in [-0.1, -0.05) is 25.5 Å². The van der Waals surface area contributed by atoms with Crippen molar-refractivity contribution >= 4 is 28.0 Å². The van der Waals surface area contributed by atoms with E-state index >= 15 is 0 Å². The largest absolute Gasteiger partial charge is 0.481 e. The summed E-state index contributed by atoms with van der Waals surface area (Å²) in [5, 5.41) is 19.9. The summed E-state index contributed by atoms with van der Waals surface area (Å²) in [6.07, 6.45) is 2.96. The number of carboxylic acid groups (broad SMARTS) is 1. The number of carbonyl (C=O) groups is 1. The number of hydrogen-bond acceptors (Lipinski definition) is 4. The predicted molar refractivity (Wildman–Crippen MR) is 122 cm³/mol. The lowest BCUT2D eigenvalue weighted by molar-refractivity contribution is -0.137. The SMILES string of the molecule is CCCC(CC(=O)O)n1c(=O)n(C(C)c2c[nH]c3cccc(C)c23)c2ccc(C#N)nc21. The van der Waals surface area contributed by atoms with Gasteiger partial charge in [-0.05, 0) is 44.0 Å². The number of imidazole rings is 1. The highest BCUT2D eigenvalue weighted by Crippen LogP contribution is 2.31. The standard InChI is InChI=1S/C24H25N5O3/c1-4-6-17(11-21(30)31)29-23-20(10-9-16(12-25)27-23)28(24(29)32)15(3)18-13-26-19-8-5-7-14(2)22(18)19/h5,7-10,13,15,17,26H,4,6,11H2,1-3H3,(H,30,31). The highest BCUT2D eigenvalue weighted by Gasteiger charge is 2.27. The number of nitrogens with zero attached hydrogens (tertiary/aromatic N) is 4. The van der Waals surface area contributed by atoms with Gasteiger partial charge in [0.1, 0.15) is 11.8 Å². The topological polar surface area (TPSA) is 117 Å². The maximum atomic E-state index is 13.7. The molecule has 0 aliphatic carbocycles. The van der Waals surface area contributed by atoms with Crippen LogP contribution < -0.4 is 5.69 Å². The number of rotatable bonds is 7. The first-order valence-electron chi connectivity index (χ1n) is 10.7. The van der Waals surface area contributed by atoms with Gasteiger partial charge in [-0.2, -0.15) is 5.26 Å². The Kier molecular flexibility index (Phi) is 5.57. The molecule has 0 aliphatic heterocycles. The summed E-state index contributed by atoms with van der Waals surface area (Å²) in [5.74, 6) is -0.979. The summed E-state index contributed by atoms with van der Waals surface area (Å²) in [6, 6.07) is 10.5. The van der Waals surface area contributed by atoms with Crippen molar-refractivity contribution in [1.29, 1.82) is 5.26 Å². The highest BCUT2D eigenvalue weighted by molar-refractivity contribution is 5.87. The third-order valence-corrected chi connectivity index (χ3v) is 6.05. The van der Waals surface area contributed by atoms with Gasteiger partial charge in [-0.25, -0.2) is 9.78 Å².